The second-order valence-electron chi connectivity index (χ2n) is 3.13. The van der Waals surface area contributed by atoms with Gasteiger partial charge in [-0.05, 0) is 24.3 Å². The van der Waals surface area contributed by atoms with Crippen LogP contribution >= 0.6 is 11.6 Å². The van der Waals surface area contributed by atoms with Gasteiger partial charge in [-0.2, -0.15) is 5.10 Å². The van der Waals surface area contributed by atoms with Crippen LogP contribution < -0.4 is 10.5 Å². The van der Waals surface area contributed by atoms with Crippen LogP contribution in [0.4, 0.5) is 0 Å². The molecule has 16 heavy (non-hydrogen) atoms. The van der Waals surface area contributed by atoms with Crippen molar-refractivity contribution in [2.75, 3.05) is 0 Å². The van der Waals surface area contributed by atoms with Gasteiger partial charge in [0.2, 0.25) is 5.88 Å². The summed E-state index contributed by atoms with van der Waals surface area (Å²) in [6.07, 6.45) is 0. The Morgan fingerprint density at radius 2 is 2.06 bits per heavy atom. The maximum atomic E-state index is 5.83. The largest absolute Gasteiger partial charge is 0.437 e. The molecule has 0 atom stereocenters. The molecule has 0 fully saturated rings. The van der Waals surface area contributed by atoms with Crippen LogP contribution in [0.5, 0.6) is 11.6 Å². The summed E-state index contributed by atoms with van der Waals surface area (Å²) < 4.78 is 5.46. The average Bonchev–Trinajstić information content (AvgIpc) is 2.30. The number of aromatic nitrogens is 2. The Morgan fingerprint density at radius 3 is 2.69 bits per heavy atom. The first-order valence-electron chi connectivity index (χ1n) is 4.74. The zero-order chi connectivity index (χ0) is 11.4. The monoisotopic (exact) mass is 235 g/mol. The first-order valence-corrected chi connectivity index (χ1v) is 5.12. The highest BCUT2D eigenvalue weighted by molar-refractivity contribution is 6.30. The Balaban J connectivity index is 2.14. The van der Waals surface area contributed by atoms with Gasteiger partial charge in [0.15, 0.2) is 0 Å². The molecule has 0 aliphatic rings. The Labute approximate surface area is 98.0 Å². The lowest BCUT2D eigenvalue weighted by molar-refractivity contribution is 0.454. The summed E-state index contributed by atoms with van der Waals surface area (Å²) in [7, 11) is 0. The van der Waals surface area contributed by atoms with Gasteiger partial charge in [0.25, 0.3) is 0 Å². The molecule has 4 nitrogen and oxygen atoms in total. The lowest BCUT2D eigenvalue weighted by Gasteiger charge is -2.04. The lowest BCUT2D eigenvalue weighted by Crippen LogP contribution is -2.01. The van der Waals surface area contributed by atoms with E-state index < -0.39 is 0 Å². The third-order valence-corrected chi connectivity index (χ3v) is 2.16. The quantitative estimate of drug-likeness (QED) is 0.887. The average molecular weight is 236 g/mol. The van der Waals surface area contributed by atoms with E-state index in [-0.39, 0.29) is 0 Å². The SMILES string of the molecule is NCc1ccc(Oc2cccc(Cl)c2)nn1. The molecule has 0 unspecified atom stereocenters. The van der Waals surface area contributed by atoms with Crippen LogP contribution in [0, 0.1) is 0 Å². The van der Waals surface area contributed by atoms with Crippen LogP contribution in [0.2, 0.25) is 5.02 Å². The van der Waals surface area contributed by atoms with Gasteiger partial charge in [-0.25, -0.2) is 0 Å². The molecule has 0 bridgehead atoms. The highest BCUT2D eigenvalue weighted by atomic mass is 35.5. The lowest BCUT2D eigenvalue weighted by atomic mass is 10.3. The summed E-state index contributed by atoms with van der Waals surface area (Å²) >= 11 is 5.83. The summed E-state index contributed by atoms with van der Waals surface area (Å²) in [6.45, 7) is 0.366. The maximum Gasteiger partial charge on any atom is 0.238 e. The number of nitrogens with two attached hydrogens (primary N) is 1. The first kappa shape index (κ1) is 10.9. The van der Waals surface area contributed by atoms with Gasteiger partial charge < -0.3 is 10.5 Å². The van der Waals surface area contributed by atoms with E-state index in [1.165, 1.54) is 0 Å². The van der Waals surface area contributed by atoms with Crippen molar-refractivity contribution in [1.29, 1.82) is 0 Å². The molecule has 0 saturated carbocycles. The fourth-order valence-corrected chi connectivity index (χ4v) is 1.34. The van der Waals surface area contributed by atoms with Gasteiger partial charge in [0.05, 0.1) is 5.69 Å². The predicted octanol–water partition coefficient (Wildman–Crippen LogP) is 2.38. The van der Waals surface area contributed by atoms with E-state index in [0.29, 0.717) is 23.2 Å². The molecule has 1 aromatic heterocycles. The fraction of sp³-hybridized carbons (Fsp3) is 0.0909. The van der Waals surface area contributed by atoms with E-state index in [1.807, 2.05) is 0 Å². The van der Waals surface area contributed by atoms with Gasteiger partial charge in [0.1, 0.15) is 5.75 Å². The van der Waals surface area contributed by atoms with Crippen molar-refractivity contribution in [3.63, 3.8) is 0 Å². The van der Waals surface area contributed by atoms with Gasteiger partial charge in [-0.15, -0.1) is 5.10 Å². The molecule has 5 heteroatoms. The van der Waals surface area contributed by atoms with E-state index in [0.717, 1.165) is 5.69 Å². The molecule has 0 spiro atoms. The van der Waals surface area contributed by atoms with Crippen molar-refractivity contribution < 1.29 is 4.74 Å². The minimum atomic E-state index is 0.366. The predicted molar refractivity (Wildman–Crippen MR) is 61.4 cm³/mol. The fourth-order valence-electron chi connectivity index (χ4n) is 1.16. The van der Waals surface area contributed by atoms with Gasteiger partial charge >= 0.3 is 0 Å². The van der Waals surface area contributed by atoms with Crippen molar-refractivity contribution in [2.45, 2.75) is 6.54 Å². The van der Waals surface area contributed by atoms with Crippen molar-refractivity contribution in [1.82, 2.24) is 10.2 Å². The Hall–Kier alpha value is -1.65. The highest BCUT2D eigenvalue weighted by Crippen LogP contribution is 2.21. The Kier molecular flexibility index (Phi) is 3.34. The standard InChI is InChI=1S/C11H10ClN3O/c12-8-2-1-3-10(6-8)16-11-5-4-9(7-13)14-15-11/h1-6H,7,13H2. The minimum absolute atomic E-state index is 0.366. The third kappa shape index (κ3) is 2.68. The molecule has 2 rings (SSSR count). The molecule has 0 radical (unpaired) electrons. The van der Waals surface area contributed by atoms with Crippen LogP contribution in [0.1, 0.15) is 5.69 Å². The molecular weight excluding hydrogens is 226 g/mol. The molecule has 1 heterocycles. The normalized spacial score (nSPS) is 10.1. The molecule has 0 aliphatic heterocycles. The van der Waals surface area contributed by atoms with Crippen LogP contribution in [0.25, 0.3) is 0 Å². The molecule has 2 aromatic rings. The topological polar surface area (TPSA) is 61.0 Å². The van der Waals surface area contributed by atoms with Crippen molar-refractivity contribution >= 4 is 11.6 Å². The number of hydrogen-bond acceptors (Lipinski definition) is 4. The molecular formula is C11H10ClN3O. The van der Waals surface area contributed by atoms with Crippen LogP contribution in [0.3, 0.4) is 0 Å². The number of halogens is 1. The molecule has 0 saturated heterocycles. The van der Waals surface area contributed by atoms with E-state index in [4.69, 9.17) is 22.1 Å². The van der Waals surface area contributed by atoms with Gasteiger partial charge in [0, 0.05) is 17.6 Å². The zero-order valence-electron chi connectivity index (χ0n) is 8.43. The smallest absolute Gasteiger partial charge is 0.238 e. The molecule has 2 N–H and O–H groups in total. The van der Waals surface area contributed by atoms with Crippen LogP contribution in [-0.4, -0.2) is 10.2 Å². The molecule has 1 aromatic carbocycles. The summed E-state index contributed by atoms with van der Waals surface area (Å²) in [5, 5.41) is 8.38. The second kappa shape index (κ2) is 4.92. The summed E-state index contributed by atoms with van der Waals surface area (Å²) in [5.74, 6) is 1.04. The van der Waals surface area contributed by atoms with E-state index >= 15 is 0 Å². The minimum Gasteiger partial charge on any atom is -0.437 e. The Bertz CT molecular complexity index is 473. The summed E-state index contributed by atoms with van der Waals surface area (Å²) in [6, 6.07) is 10.6. The Morgan fingerprint density at radius 1 is 1.19 bits per heavy atom. The summed E-state index contributed by atoms with van der Waals surface area (Å²) in [5.41, 5.74) is 6.13. The van der Waals surface area contributed by atoms with E-state index in [1.54, 1.807) is 36.4 Å². The van der Waals surface area contributed by atoms with Crippen molar-refractivity contribution in [3.05, 3.63) is 47.1 Å². The molecule has 82 valence electrons. The van der Waals surface area contributed by atoms with E-state index in [9.17, 15) is 0 Å². The summed E-state index contributed by atoms with van der Waals surface area (Å²) in [4.78, 5) is 0. The van der Waals surface area contributed by atoms with Gasteiger partial charge in [-0.3, -0.25) is 0 Å². The van der Waals surface area contributed by atoms with Crippen LogP contribution in [0.15, 0.2) is 36.4 Å². The first-order chi connectivity index (χ1) is 7.78. The number of hydrogen-bond donors (Lipinski definition) is 1. The molecule has 0 amide bonds. The molecule has 0 aliphatic carbocycles. The van der Waals surface area contributed by atoms with Gasteiger partial charge in [-0.1, -0.05) is 17.7 Å². The second-order valence-corrected chi connectivity index (χ2v) is 3.56. The van der Waals surface area contributed by atoms with E-state index in [2.05, 4.69) is 10.2 Å². The highest BCUT2D eigenvalue weighted by Gasteiger charge is 2.00. The number of nitrogens with zero attached hydrogens (tertiary/aromatic N) is 2. The number of benzene rings is 1. The third-order valence-electron chi connectivity index (χ3n) is 1.92. The zero-order valence-corrected chi connectivity index (χ0v) is 9.19. The number of ether oxygens (including phenoxy) is 1. The van der Waals surface area contributed by atoms with Crippen LogP contribution in [-0.2, 0) is 6.54 Å². The maximum absolute atomic E-state index is 5.83. The van der Waals surface area contributed by atoms with Crippen molar-refractivity contribution in [2.24, 2.45) is 5.73 Å². The number of rotatable bonds is 3. The van der Waals surface area contributed by atoms with Crippen molar-refractivity contribution in [3.8, 4) is 11.6 Å².